The fraction of sp³-hybridized carbons (Fsp3) is 0.417. The van der Waals surface area contributed by atoms with Gasteiger partial charge in [0.05, 0.1) is 11.3 Å². The Balaban J connectivity index is 2.38. The van der Waals surface area contributed by atoms with Crippen molar-refractivity contribution < 1.29 is 22.7 Å². The highest BCUT2D eigenvalue weighted by molar-refractivity contribution is 9.10. The van der Waals surface area contributed by atoms with E-state index in [1.54, 1.807) is 0 Å². The second-order valence-corrected chi connectivity index (χ2v) is 8.38. The minimum Gasteiger partial charge on any atom is -0.481 e. The SMILES string of the molecule is O=C(O)CC1CSCCN1S(=O)(=O)c1ccc(F)cc1Br. The molecule has 1 atom stereocenters. The van der Waals surface area contributed by atoms with Crippen molar-refractivity contribution in [1.29, 1.82) is 0 Å². The smallest absolute Gasteiger partial charge is 0.305 e. The zero-order valence-electron chi connectivity index (χ0n) is 10.8. The lowest BCUT2D eigenvalue weighted by molar-refractivity contribution is -0.137. The van der Waals surface area contributed by atoms with E-state index in [1.807, 2.05) is 0 Å². The van der Waals surface area contributed by atoms with Crippen molar-refractivity contribution in [3.05, 3.63) is 28.5 Å². The van der Waals surface area contributed by atoms with E-state index in [1.165, 1.54) is 22.1 Å². The van der Waals surface area contributed by atoms with Crippen LogP contribution in [0.4, 0.5) is 4.39 Å². The van der Waals surface area contributed by atoms with Crippen LogP contribution in [0, 0.1) is 5.82 Å². The molecular weight excluding hydrogens is 385 g/mol. The van der Waals surface area contributed by atoms with E-state index in [-0.39, 0.29) is 22.3 Å². The van der Waals surface area contributed by atoms with Crippen LogP contribution >= 0.6 is 27.7 Å². The first kappa shape index (κ1) is 16.7. The van der Waals surface area contributed by atoms with E-state index >= 15 is 0 Å². The van der Waals surface area contributed by atoms with Gasteiger partial charge in [0.25, 0.3) is 0 Å². The van der Waals surface area contributed by atoms with Crippen LogP contribution in [-0.2, 0) is 14.8 Å². The number of nitrogens with zero attached hydrogens (tertiary/aromatic N) is 1. The molecule has 1 aliphatic rings. The van der Waals surface area contributed by atoms with E-state index in [2.05, 4.69) is 15.9 Å². The quantitative estimate of drug-likeness (QED) is 0.842. The van der Waals surface area contributed by atoms with Gasteiger partial charge in [-0.05, 0) is 34.1 Å². The fourth-order valence-electron chi connectivity index (χ4n) is 2.13. The van der Waals surface area contributed by atoms with Gasteiger partial charge in [-0.3, -0.25) is 4.79 Å². The number of aliphatic carboxylic acids is 1. The molecule has 1 fully saturated rings. The summed E-state index contributed by atoms with van der Waals surface area (Å²) in [7, 11) is -3.86. The first-order valence-corrected chi connectivity index (χ1v) is 9.47. The molecular formula is C12H13BrFNO4S2. The molecule has 0 aromatic heterocycles. The number of carboxylic acids is 1. The Hall–Kier alpha value is -0.640. The van der Waals surface area contributed by atoms with E-state index < -0.39 is 27.9 Å². The Morgan fingerprint density at radius 1 is 1.52 bits per heavy atom. The van der Waals surface area contributed by atoms with Crippen molar-refractivity contribution in [1.82, 2.24) is 4.31 Å². The van der Waals surface area contributed by atoms with Crippen LogP contribution in [0.2, 0.25) is 0 Å². The first-order valence-electron chi connectivity index (χ1n) is 6.09. The first-order chi connectivity index (χ1) is 9.82. The lowest BCUT2D eigenvalue weighted by Crippen LogP contribution is -2.47. The van der Waals surface area contributed by atoms with Crippen molar-refractivity contribution in [3.8, 4) is 0 Å². The van der Waals surface area contributed by atoms with Crippen molar-refractivity contribution >= 4 is 43.7 Å². The van der Waals surface area contributed by atoms with Gasteiger partial charge >= 0.3 is 5.97 Å². The Morgan fingerprint density at radius 2 is 2.24 bits per heavy atom. The third-order valence-corrected chi connectivity index (χ3v) is 7.08. The van der Waals surface area contributed by atoms with Crippen molar-refractivity contribution in [2.45, 2.75) is 17.4 Å². The molecule has 0 aliphatic carbocycles. The van der Waals surface area contributed by atoms with Gasteiger partial charge in [-0.2, -0.15) is 16.1 Å². The number of sulfonamides is 1. The highest BCUT2D eigenvalue weighted by atomic mass is 79.9. The highest BCUT2D eigenvalue weighted by Crippen LogP contribution is 2.30. The van der Waals surface area contributed by atoms with Crippen LogP contribution in [0.3, 0.4) is 0 Å². The van der Waals surface area contributed by atoms with Gasteiger partial charge in [-0.15, -0.1) is 0 Å². The van der Waals surface area contributed by atoms with Gasteiger partial charge in [0.1, 0.15) is 5.82 Å². The van der Waals surface area contributed by atoms with Crippen LogP contribution < -0.4 is 0 Å². The molecule has 1 saturated heterocycles. The maximum atomic E-state index is 13.1. The number of rotatable bonds is 4. The molecule has 0 radical (unpaired) electrons. The summed E-state index contributed by atoms with van der Waals surface area (Å²) < 4.78 is 39.8. The maximum Gasteiger partial charge on any atom is 0.305 e. The lowest BCUT2D eigenvalue weighted by Gasteiger charge is -2.33. The van der Waals surface area contributed by atoms with Crippen LogP contribution in [0.1, 0.15) is 6.42 Å². The minimum absolute atomic E-state index is 0.0498. The summed E-state index contributed by atoms with van der Waals surface area (Å²) in [6, 6.07) is 2.75. The van der Waals surface area contributed by atoms with E-state index in [0.717, 1.165) is 12.1 Å². The third-order valence-electron chi connectivity index (χ3n) is 3.06. The number of hydrogen-bond donors (Lipinski definition) is 1. The zero-order valence-corrected chi connectivity index (χ0v) is 14.0. The monoisotopic (exact) mass is 397 g/mol. The van der Waals surface area contributed by atoms with Crippen LogP contribution in [0.25, 0.3) is 0 Å². The summed E-state index contributed by atoms with van der Waals surface area (Å²) in [6.07, 6.45) is -0.245. The van der Waals surface area contributed by atoms with Crippen LogP contribution in [0.5, 0.6) is 0 Å². The topological polar surface area (TPSA) is 74.7 Å². The molecule has 0 amide bonds. The standard InChI is InChI=1S/C12H13BrFNO4S2/c13-10-5-8(14)1-2-11(10)21(18,19)15-3-4-20-7-9(15)6-12(16)17/h1-2,5,9H,3-4,6-7H2,(H,16,17). The Labute approximate surface area is 134 Å². The van der Waals surface area contributed by atoms with Gasteiger partial charge in [0.2, 0.25) is 10.0 Å². The summed E-state index contributed by atoms with van der Waals surface area (Å²) in [5, 5.41) is 8.92. The number of benzene rings is 1. The van der Waals surface area contributed by atoms with E-state index in [9.17, 15) is 17.6 Å². The number of carbonyl (C=O) groups is 1. The summed E-state index contributed by atoms with van der Waals surface area (Å²) >= 11 is 4.58. The molecule has 9 heteroatoms. The third kappa shape index (κ3) is 3.77. The average Bonchev–Trinajstić information content (AvgIpc) is 2.37. The molecule has 5 nitrogen and oxygen atoms in total. The fourth-order valence-corrected chi connectivity index (χ4v) is 6.04. The molecule has 1 aromatic rings. The molecule has 1 aliphatic heterocycles. The average molecular weight is 398 g/mol. The Bertz CT molecular complexity index is 653. The molecule has 116 valence electrons. The van der Waals surface area contributed by atoms with E-state index in [4.69, 9.17) is 5.11 Å². The zero-order chi connectivity index (χ0) is 15.6. The number of hydrogen-bond acceptors (Lipinski definition) is 4. The molecule has 2 rings (SSSR count). The normalized spacial score (nSPS) is 20.4. The molecule has 1 unspecified atom stereocenters. The van der Waals surface area contributed by atoms with Gasteiger partial charge < -0.3 is 5.11 Å². The summed E-state index contributed by atoms with van der Waals surface area (Å²) in [5.74, 6) is -0.545. The molecule has 0 bridgehead atoms. The van der Waals surface area contributed by atoms with Crippen molar-refractivity contribution in [3.63, 3.8) is 0 Å². The Morgan fingerprint density at radius 3 is 2.86 bits per heavy atom. The van der Waals surface area contributed by atoms with Crippen molar-refractivity contribution in [2.24, 2.45) is 0 Å². The number of halogens is 2. The largest absolute Gasteiger partial charge is 0.481 e. The maximum absolute atomic E-state index is 13.1. The second kappa shape index (κ2) is 6.64. The van der Waals surface area contributed by atoms with Gasteiger partial charge in [0.15, 0.2) is 0 Å². The summed E-state index contributed by atoms with van der Waals surface area (Å²) in [4.78, 5) is 10.8. The number of thioether (sulfide) groups is 1. The number of carboxylic acid groups (broad SMARTS) is 1. The van der Waals surface area contributed by atoms with Gasteiger partial charge in [-0.25, -0.2) is 12.8 Å². The predicted octanol–water partition coefficient (Wildman–Crippen LogP) is 2.17. The lowest BCUT2D eigenvalue weighted by atomic mass is 10.2. The molecule has 21 heavy (non-hydrogen) atoms. The van der Waals surface area contributed by atoms with Gasteiger partial charge in [0, 0.05) is 28.6 Å². The van der Waals surface area contributed by atoms with E-state index in [0.29, 0.717) is 11.5 Å². The minimum atomic E-state index is -3.86. The van der Waals surface area contributed by atoms with Crippen molar-refractivity contribution in [2.75, 3.05) is 18.1 Å². The molecule has 0 spiro atoms. The predicted molar refractivity (Wildman–Crippen MR) is 81.4 cm³/mol. The molecule has 1 heterocycles. The molecule has 0 saturated carbocycles. The van der Waals surface area contributed by atoms with Crippen LogP contribution in [0.15, 0.2) is 27.6 Å². The Kier molecular flexibility index (Phi) is 5.29. The summed E-state index contributed by atoms with van der Waals surface area (Å²) in [5.41, 5.74) is 0. The van der Waals surface area contributed by atoms with Gasteiger partial charge in [-0.1, -0.05) is 0 Å². The molecule has 1 N–H and O–H groups in total. The summed E-state index contributed by atoms with van der Waals surface area (Å²) in [6.45, 7) is 0.245. The second-order valence-electron chi connectivity index (χ2n) is 4.52. The molecule has 1 aromatic carbocycles. The highest BCUT2D eigenvalue weighted by Gasteiger charge is 2.35. The van der Waals surface area contributed by atoms with Crippen LogP contribution in [-0.4, -0.2) is 47.9 Å².